The van der Waals surface area contributed by atoms with Crippen LogP contribution in [0, 0.1) is 11.3 Å². The quantitative estimate of drug-likeness (QED) is 0.735. The van der Waals surface area contributed by atoms with Crippen LogP contribution in [0.3, 0.4) is 0 Å². The third-order valence-electron chi connectivity index (χ3n) is 3.64. The lowest BCUT2D eigenvalue weighted by molar-refractivity contribution is 0.788. The summed E-state index contributed by atoms with van der Waals surface area (Å²) in [5, 5.41) is 17.5. The predicted octanol–water partition coefficient (Wildman–Crippen LogP) is 3.87. The first kappa shape index (κ1) is 14.7. The van der Waals surface area contributed by atoms with Crippen molar-refractivity contribution in [3.63, 3.8) is 0 Å². The van der Waals surface area contributed by atoms with Gasteiger partial charge in [-0.3, -0.25) is 0 Å². The number of hydrogen-bond donors (Lipinski definition) is 0. The van der Waals surface area contributed by atoms with Gasteiger partial charge in [-0.1, -0.05) is 66.7 Å². The van der Waals surface area contributed by atoms with Gasteiger partial charge in [0.25, 0.3) is 0 Å². The first-order valence-electron chi connectivity index (χ1n) is 7.50. The molecule has 0 saturated carbocycles. The van der Waals surface area contributed by atoms with Crippen LogP contribution in [0.2, 0.25) is 0 Å². The molecule has 1 heterocycles. The Balaban J connectivity index is 2.08. The topological polar surface area (TPSA) is 54.5 Å². The lowest BCUT2D eigenvalue weighted by Gasteiger charge is -2.08. The Morgan fingerprint density at radius 2 is 1.78 bits per heavy atom. The van der Waals surface area contributed by atoms with E-state index in [0.717, 1.165) is 23.2 Å². The molecule has 0 N–H and O–H groups in total. The molecule has 0 atom stereocenters. The predicted molar refractivity (Wildman–Crippen MR) is 90.8 cm³/mol. The van der Waals surface area contributed by atoms with Gasteiger partial charge in [-0.2, -0.15) is 5.26 Å². The van der Waals surface area contributed by atoms with Crippen molar-refractivity contribution >= 4 is 12.2 Å². The zero-order valence-corrected chi connectivity index (χ0v) is 12.8. The summed E-state index contributed by atoms with van der Waals surface area (Å²) in [5.41, 5.74) is 4.20. The summed E-state index contributed by atoms with van der Waals surface area (Å²) < 4.78 is 1.73. The normalized spacial score (nSPS) is 10.8. The van der Waals surface area contributed by atoms with Crippen LogP contribution in [-0.4, -0.2) is 15.0 Å². The van der Waals surface area contributed by atoms with E-state index in [9.17, 15) is 5.26 Å². The fraction of sp³-hybridized carbons (Fsp3) is 0.105. The van der Waals surface area contributed by atoms with E-state index in [2.05, 4.69) is 29.4 Å². The number of aromatic nitrogens is 3. The molecule has 0 amide bonds. The summed E-state index contributed by atoms with van der Waals surface area (Å²) in [6, 6.07) is 20.1. The molecule has 1 aromatic heterocycles. The lowest BCUT2D eigenvalue weighted by Crippen LogP contribution is -2.03. The van der Waals surface area contributed by atoms with Crippen molar-refractivity contribution in [2.24, 2.45) is 0 Å². The molecule has 0 radical (unpaired) electrons. The summed E-state index contributed by atoms with van der Waals surface area (Å²) in [4.78, 5) is 0. The molecular weight excluding hydrogens is 284 g/mol. The molecule has 0 bridgehead atoms. The van der Waals surface area contributed by atoms with E-state index < -0.39 is 0 Å². The molecule has 4 nitrogen and oxygen atoms in total. The third kappa shape index (κ3) is 3.04. The van der Waals surface area contributed by atoms with Gasteiger partial charge in [0.15, 0.2) is 5.69 Å². The van der Waals surface area contributed by atoms with Crippen LogP contribution in [0.1, 0.15) is 29.4 Å². The number of nitrogens with zero attached hydrogens (tertiary/aromatic N) is 4. The van der Waals surface area contributed by atoms with Crippen molar-refractivity contribution in [3.05, 3.63) is 77.1 Å². The molecule has 0 saturated heterocycles. The SMILES string of the molecule is CCc1ccccc1-n1nnc(C#N)c1/C=C/c1ccccc1. The average molecular weight is 300 g/mol. The van der Waals surface area contributed by atoms with Gasteiger partial charge in [0.05, 0.1) is 5.69 Å². The van der Waals surface area contributed by atoms with E-state index in [1.54, 1.807) is 4.68 Å². The van der Waals surface area contributed by atoms with Gasteiger partial charge in [0.2, 0.25) is 0 Å². The molecule has 0 spiro atoms. The van der Waals surface area contributed by atoms with Gasteiger partial charge in [-0.05, 0) is 29.7 Å². The molecule has 3 rings (SSSR count). The smallest absolute Gasteiger partial charge is 0.190 e. The monoisotopic (exact) mass is 300 g/mol. The van der Waals surface area contributed by atoms with E-state index in [1.807, 2.05) is 60.7 Å². The number of para-hydroxylation sites is 1. The Bertz CT molecular complexity index is 870. The molecule has 0 aliphatic carbocycles. The van der Waals surface area contributed by atoms with Crippen molar-refractivity contribution in [2.75, 3.05) is 0 Å². The zero-order valence-electron chi connectivity index (χ0n) is 12.8. The van der Waals surface area contributed by atoms with E-state index >= 15 is 0 Å². The molecular formula is C19H16N4. The Morgan fingerprint density at radius 1 is 1.04 bits per heavy atom. The Labute approximate surface area is 135 Å². The van der Waals surface area contributed by atoms with Crippen LogP contribution in [0.5, 0.6) is 0 Å². The first-order valence-corrected chi connectivity index (χ1v) is 7.50. The van der Waals surface area contributed by atoms with E-state index in [4.69, 9.17) is 0 Å². The van der Waals surface area contributed by atoms with Gasteiger partial charge in [-0.25, -0.2) is 4.68 Å². The van der Waals surface area contributed by atoms with Gasteiger partial charge in [0.1, 0.15) is 11.8 Å². The summed E-state index contributed by atoms with van der Waals surface area (Å²) in [5.74, 6) is 0. The maximum atomic E-state index is 9.30. The zero-order chi connectivity index (χ0) is 16.1. The highest BCUT2D eigenvalue weighted by atomic mass is 15.4. The maximum absolute atomic E-state index is 9.30. The van der Waals surface area contributed by atoms with Crippen LogP contribution < -0.4 is 0 Å². The highest BCUT2D eigenvalue weighted by Gasteiger charge is 2.13. The number of nitriles is 1. The highest BCUT2D eigenvalue weighted by molar-refractivity contribution is 5.71. The lowest BCUT2D eigenvalue weighted by atomic mass is 10.1. The summed E-state index contributed by atoms with van der Waals surface area (Å²) in [7, 11) is 0. The second kappa shape index (κ2) is 6.71. The van der Waals surface area contributed by atoms with Crippen molar-refractivity contribution < 1.29 is 0 Å². The molecule has 4 heteroatoms. The largest absolute Gasteiger partial charge is 0.212 e. The molecule has 112 valence electrons. The van der Waals surface area contributed by atoms with E-state index in [0.29, 0.717) is 11.4 Å². The van der Waals surface area contributed by atoms with Crippen molar-refractivity contribution in [2.45, 2.75) is 13.3 Å². The number of benzene rings is 2. The number of hydrogen-bond acceptors (Lipinski definition) is 3. The summed E-state index contributed by atoms with van der Waals surface area (Å²) >= 11 is 0. The molecule has 23 heavy (non-hydrogen) atoms. The standard InChI is InChI=1S/C19H16N4/c1-2-16-10-6-7-11-18(16)23-19(17(14-20)21-22-23)13-12-15-8-4-3-5-9-15/h3-13H,2H2,1H3/b13-12+. The summed E-state index contributed by atoms with van der Waals surface area (Å²) in [6.45, 7) is 2.10. The molecule has 0 unspecified atom stereocenters. The summed E-state index contributed by atoms with van der Waals surface area (Å²) in [6.07, 6.45) is 4.74. The van der Waals surface area contributed by atoms with Gasteiger partial charge in [-0.15, -0.1) is 5.10 Å². The minimum absolute atomic E-state index is 0.322. The third-order valence-corrected chi connectivity index (χ3v) is 3.64. The van der Waals surface area contributed by atoms with E-state index in [-0.39, 0.29) is 0 Å². The second-order valence-corrected chi connectivity index (χ2v) is 5.07. The Hall–Kier alpha value is -3.19. The maximum Gasteiger partial charge on any atom is 0.190 e. The second-order valence-electron chi connectivity index (χ2n) is 5.07. The number of rotatable bonds is 4. The van der Waals surface area contributed by atoms with E-state index in [1.165, 1.54) is 0 Å². The minimum Gasteiger partial charge on any atom is -0.212 e. The Kier molecular flexibility index (Phi) is 4.30. The van der Waals surface area contributed by atoms with Crippen molar-refractivity contribution in [3.8, 4) is 11.8 Å². The van der Waals surface area contributed by atoms with Gasteiger partial charge >= 0.3 is 0 Å². The van der Waals surface area contributed by atoms with Crippen LogP contribution in [-0.2, 0) is 6.42 Å². The molecule has 0 aliphatic rings. The average Bonchev–Trinajstić information content (AvgIpc) is 3.03. The molecule has 0 fully saturated rings. The Morgan fingerprint density at radius 3 is 2.52 bits per heavy atom. The fourth-order valence-electron chi connectivity index (χ4n) is 2.45. The van der Waals surface area contributed by atoms with Gasteiger partial charge < -0.3 is 0 Å². The van der Waals surface area contributed by atoms with Crippen LogP contribution in [0.25, 0.3) is 17.8 Å². The fourth-order valence-corrected chi connectivity index (χ4v) is 2.45. The van der Waals surface area contributed by atoms with Crippen LogP contribution >= 0.6 is 0 Å². The highest BCUT2D eigenvalue weighted by Crippen LogP contribution is 2.19. The molecule has 2 aromatic carbocycles. The van der Waals surface area contributed by atoms with Crippen LogP contribution in [0.15, 0.2) is 54.6 Å². The molecule has 0 aliphatic heterocycles. The van der Waals surface area contributed by atoms with Crippen molar-refractivity contribution in [1.82, 2.24) is 15.0 Å². The van der Waals surface area contributed by atoms with Crippen LogP contribution in [0.4, 0.5) is 0 Å². The van der Waals surface area contributed by atoms with Gasteiger partial charge in [0, 0.05) is 0 Å². The minimum atomic E-state index is 0.322. The number of aryl methyl sites for hydroxylation is 1. The van der Waals surface area contributed by atoms with Crippen molar-refractivity contribution in [1.29, 1.82) is 5.26 Å². The first-order chi connectivity index (χ1) is 11.3. The molecule has 3 aromatic rings.